The molecule has 0 saturated heterocycles. The zero-order valence-electron chi connectivity index (χ0n) is 12.2. The Bertz CT molecular complexity index is 989. The Morgan fingerprint density at radius 1 is 1.00 bits per heavy atom. The average Bonchev–Trinajstić information content (AvgIpc) is 3.08. The highest BCUT2D eigenvalue weighted by Gasteiger charge is 2.35. The molecule has 1 aliphatic heterocycles. The molecule has 0 unspecified atom stereocenters. The van der Waals surface area contributed by atoms with E-state index in [4.69, 9.17) is 11.6 Å². The summed E-state index contributed by atoms with van der Waals surface area (Å²) in [6, 6.07) is 13.3. The summed E-state index contributed by atoms with van der Waals surface area (Å²) in [6.45, 7) is 0. The fourth-order valence-electron chi connectivity index (χ4n) is 2.87. The molecule has 2 heterocycles. The Labute approximate surface area is 141 Å². The van der Waals surface area contributed by atoms with Crippen molar-refractivity contribution in [3.8, 4) is 17.1 Å². The lowest BCUT2D eigenvalue weighted by Crippen LogP contribution is -2.04. The van der Waals surface area contributed by atoms with E-state index in [-0.39, 0.29) is 33.3 Å². The molecule has 4 nitrogen and oxygen atoms in total. The average molecular weight is 341 g/mol. The third-order valence-corrected chi connectivity index (χ3v) is 4.22. The van der Waals surface area contributed by atoms with Gasteiger partial charge in [0.1, 0.15) is 5.82 Å². The van der Waals surface area contributed by atoms with E-state index in [0.717, 1.165) is 5.56 Å². The maximum Gasteiger partial charge on any atom is 0.280 e. The number of carbonyl (C=O) groups is 1. The van der Waals surface area contributed by atoms with Crippen molar-refractivity contribution in [1.29, 1.82) is 0 Å². The van der Waals surface area contributed by atoms with E-state index in [9.17, 15) is 14.3 Å². The highest BCUT2D eigenvalue weighted by Crippen LogP contribution is 2.39. The van der Waals surface area contributed by atoms with E-state index in [0.29, 0.717) is 5.69 Å². The van der Waals surface area contributed by atoms with Crippen LogP contribution < -0.4 is 0 Å². The summed E-state index contributed by atoms with van der Waals surface area (Å²) in [5, 5.41) is 10.4. The van der Waals surface area contributed by atoms with Gasteiger partial charge in [0.25, 0.3) is 5.91 Å². The van der Waals surface area contributed by atoms with Crippen molar-refractivity contribution < 1.29 is 14.3 Å². The number of nitrogens with one attached hydrogen (secondary N) is 1. The van der Waals surface area contributed by atoms with E-state index in [2.05, 4.69) is 9.98 Å². The van der Waals surface area contributed by atoms with Crippen LogP contribution in [-0.4, -0.2) is 21.7 Å². The number of rotatable bonds is 2. The van der Waals surface area contributed by atoms with Crippen LogP contribution in [0.5, 0.6) is 5.88 Å². The lowest BCUT2D eigenvalue weighted by molar-refractivity contribution is 0.101. The van der Waals surface area contributed by atoms with Gasteiger partial charge in [0.05, 0.1) is 33.1 Å². The molecule has 3 aromatic rings. The lowest BCUT2D eigenvalue weighted by atomic mass is 10.00. The Balaban J connectivity index is 1.96. The topological polar surface area (TPSA) is 65.4 Å². The predicted molar refractivity (Wildman–Crippen MR) is 89.3 cm³/mol. The third-order valence-electron chi connectivity index (χ3n) is 3.91. The lowest BCUT2D eigenvalue weighted by Gasteiger charge is -2.05. The molecule has 2 aromatic carbocycles. The number of carbonyl (C=O) groups excluding carboxylic acids is 1. The van der Waals surface area contributed by atoms with E-state index in [1.165, 1.54) is 18.2 Å². The zero-order valence-corrected chi connectivity index (χ0v) is 12.9. The van der Waals surface area contributed by atoms with Gasteiger partial charge >= 0.3 is 0 Å². The number of hydrogen-bond donors (Lipinski definition) is 2. The molecule has 6 heteroatoms. The van der Waals surface area contributed by atoms with Crippen LogP contribution in [0.15, 0.2) is 53.5 Å². The Hall–Kier alpha value is -2.92. The van der Waals surface area contributed by atoms with Gasteiger partial charge in [-0.05, 0) is 17.7 Å². The van der Waals surface area contributed by atoms with Crippen molar-refractivity contribution in [3.63, 3.8) is 0 Å². The van der Waals surface area contributed by atoms with Crippen LogP contribution in [0.25, 0.3) is 11.3 Å². The first-order valence-electron chi connectivity index (χ1n) is 7.16. The number of aromatic amines is 1. The Kier molecular flexibility index (Phi) is 3.25. The van der Waals surface area contributed by atoms with E-state index in [1.54, 1.807) is 12.1 Å². The standard InChI is InChI=1S/C18H10ClFN2O2/c19-10-7-4-8-11(20)12(10)16-14-13(17(23)22-16)15(21-18(14)24)9-5-2-1-3-6-9/h1-8,21,24H. The number of aromatic nitrogens is 1. The molecule has 1 aromatic heterocycles. The van der Waals surface area contributed by atoms with Gasteiger partial charge in [-0.3, -0.25) is 4.79 Å². The van der Waals surface area contributed by atoms with Gasteiger partial charge in [-0.15, -0.1) is 0 Å². The largest absolute Gasteiger partial charge is 0.494 e. The highest BCUT2D eigenvalue weighted by molar-refractivity contribution is 6.38. The van der Waals surface area contributed by atoms with Gasteiger partial charge in [-0.2, -0.15) is 0 Å². The number of nitrogens with zero attached hydrogens (tertiary/aromatic N) is 1. The fourth-order valence-corrected chi connectivity index (χ4v) is 3.12. The predicted octanol–water partition coefficient (Wildman–Crippen LogP) is 4.17. The van der Waals surface area contributed by atoms with Crippen molar-refractivity contribution >= 4 is 23.2 Å². The molecule has 2 N–H and O–H groups in total. The van der Waals surface area contributed by atoms with Gasteiger partial charge in [0.2, 0.25) is 0 Å². The van der Waals surface area contributed by atoms with Crippen molar-refractivity contribution in [2.24, 2.45) is 4.99 Å². The maximum atomic E-state index is 14.2. The molecule has 118 valence electrons. The summed E-state index contributed by atoms with van der Waals surface area (Å²) in [5.74, 6) is -1.40. The van der Waals surface area contributed by atoms with Gasteiger partial charge in [0, 0.05) is 0 Å². The first-order chi connectivity index (χ1) is 11.6. The zero-order chi connectivity index (χ0) is 16.8. The second-order valence-electron chi connectivity index (χ2n) is 5.33. The number of hydrogen-bond acceptors (Lipinski definition) is 2. The quantitative estimate of drug-likeness (QED) is 0.735. The number of fused-ring (bicyclic) bond motifs is 1. The van der Waals surface area contributed by atoms with E-state index < -0.39 is 11.7 Å². The number of H-pyrrole nitrogens is 1. The van der Waals surface area contributed by atoms with Crippen LogP contribution in [0, 0.1) is 5.82 Å². The van der Waals surface area contributed by atoms with Crippen LogP contribution in [0.1, 0.15) is 21.5 Å². The van der Waals surface area contributed by atoms with Crippen molar-refractivity contribution in [3.05, 3.63) is 76.1 Å². The molecule has 0 saturated carbocycles. The van der Waals surface area contributed by atoms with Crippen molar-refractivity contribution in [2.75, 3.05) is 0 Å². The van der Waals surface area contributed by atoms with E-state index >= 15 is 0 Å². The first-order valence-corrected chi connectivity index (χ1v) is 7.54. The monoisotopic (exact) mass is 340 g/mol. The minimum Gasteiger partial charge on any atom is -0.494 e. The molecule has 0 aliphatic carbocycles. The fraction of sp³-hybridized carbons (Fsp3) is 0. The number of aromatic hydroxyl groups is 1. The normalized spacial score (nSPS) is 13.1. The van der Waals surface area contributed by atoms with Gasteiger partial charge < -0.3 is 10.1 Å². The summed E-state index contributed by atoms with van der Waals surface area (Å²) in [6.07, 6.45) is 0. The van der Waals surface area contributed by atoms with Crippen LogP contribution >= 0.6 is 11.6 Å². The van der Waals surface area contributed by atoms with Crippen LogP contribution in [-0.2, 0) is 0 Å². The molecule has 0 spiro atoms. The second kappa shape index (κ2) is 5.32. The number of benzene rings is 2. The van der Waals surface area contributed by atoms with E-state index in [1.807, 2.05) is 18.2 Å². The smallest absolute Gasteiger partial charge is 0.280 e. The van der Waals surface area contributed by atoms with Crippen molar-refractivity contribution in [2.45, 2.75) is 0 Å². The second-order valence-corrected chi connectivity index (χ2v) is 5.73. The summed E-state index contributed by atoms with van der Waals surface area (Å²) in [4.78, 5) is 19.1. The molecule has 24 heavy (non-hydrogen) atoms. The van der Waals surface area contributed by atoms with Gasteiger partial charge in [-0.1, -0.05) is 48.0 Å². The minimum atomic E-state index is -0.608. The van der Waals surface area contributed by atoms with Crippen LogP contribution in [0.3, 0.4) is 0 Å². The Morgan fingerprint density at radius 3 is 2.46 bits per heavy atom. The van der Waals surface area contributed by atoms with Crippen LogP contribution in [0.2, 0.25) is 5.02 Å². The SMILES string of the molecule is O=C1N=C(c2c(F)cccc2Cl)c2c(O)[nH]c(-c3ccccc3)c21. The molecule has 0 atom stereocenters. The first kappa shape index (κ1) is 14.7. The summed E-state index contributed by atoms with van der Waals surface area (Å²) in [7, 11) is 0. The maximum absolute atomic E-state index is 14.2. The van der Waals surface area contributed by atoms with Gasteiger partial charge in [0.15, 0.2) is 5.88 Å². The Morgan fingerprint density at radius 2 is 1.75 bits per heavy atom. The molecule has 1 aliphatic rings. The van der Waals surface area contributed by atoms with Gasteiger partial charge in [-0.25, -0.2) is 9.38 Å². The molecular weight excluding hydrogens is 331 g/mol. The summed E-state index contributed by atoms with van der Waals surface area (Å²) < 4.78 is 14.2. The van der Waals surface area contributed by atoms with Crippen molar-refractivity contribution in [1.82, 2.24) is 4.98 Å². The molecule has 0 radical (unpaired) electrons. The molecule has 0 bridgehead atoms. The summed E-state index contributed by atoms with van der Waals surface area (Å²) >= 11 is 6.08. The molecule has 1 amide bonds. The summed E-state index contributed by atoms with van der Waals surface area (Å²) in [5.41, 5.74) is 1.59. The molecule has 0 fully saturated rings. The molecular formula is C18H10ClFN2O2. The number of halogens is 2. The third kappa shape index (κ3) is 2.06. The minimum absolute atomic E-state index is 0.000165. The number of amides is 1. The molecule has 4 rings (SSSR count). The highest BCUT2D eigenvalue weighted by atomic mass is 35.5. The van der Waals surface area contributed by atoms with Crippen LogP contribution in [0.4, 0.5) is 4.39 Å². The number of aliphatic imine (C=N–C) groups is 1.